The van der Waals surface area contributed by atoms with E-state index in [0.717, 1.165) is 4.90 Å². The molecule has 103 valence electrons. The Morgan fingerprint density at radius 2 is 2.05 bits per heavy atom. The van der Waals surface area contributed by atoms with Crippen LogP contribution in [0.2, 0.25) is 0 Å². The number of imide groups is 2. The molecule has 1 radical (unpaired) electrons. The van der Waals surface area contributed by atoms with E-state index in [0.29, 0.717) is 6.42 Å². The topological polar surface area (TPSA) is 66.5 Å². The third-order valence-corrected chi connectivity index (χ3v) is 3.32. The van der Waals surface area contributed by atoms with E-state index in [1.54, 1.807) is 6.92 Å². The van der Waals surface area contributed by atoms with Crippen molar-refractivity contribution >= 4 is 47.4 Å². The minimum Gasteiger partial charge on any atom is -0.277 e. The van der Waals surface area contributed by atoms with Crippen molar-refractivity contribution in [3.8, 4) is 11.8 Å². The Bertz CT molecular complexity index is 492. The van der Waals surface area contributed by atoms with Crippen LogP contribution in [0.25, 0.3) is 0 Å². The molecule has 20 heavy (non-hydrogen) atoms. The van der Waals surface area contributed by atoms with Gasteiger partial charge in [-0.2, -0.15) is 0 Å². The maximum atomic E-state index is 12.4. The SMILES string of the molecule is C=CCC1(C(C)C#CCC)C(=O)NC(=O)N(C)C1=O.[Na]. The van der Waals surface area contributed by atoms with Gasteiger partial charge in [-0.3, -0.25) is 19.8 Å². The van der Waals surface area contributed by atoms with E-state index in [9.17, 15) is 14.4 Å². The summed E-state index contributed by atoms with van der Waals surface area (Å²) in [5.74, 6) is 4.16. The van der Waals surface area contributed by atoms with Gasteiger partial charge in [0.15, 0.2) is 0 Å². The third-order valence-electron chi connectivity index (χ3n) is 3.32. The number of rotatable bonds is 3. The molecule has 0 aromatic rings. The Kier molecular flexibility index (Phi) is 7.21. The molecule has 2 unspecified atom stereocenters. The number of nitrogens with zero attached hydrogens (tertiary/aromatic N) is 1. The monoisotopic (exact) mass is 285 g/mol. The number of hydrogen-bond acceptors (Lipinski definition) is 3. The van der Waals surface area contributed by atoms with Crippen LogP contribution in [0.4, 0.5) is 4.79 Å². The van der Waals surface area contributed by atoms with Gasteiger partial charge >= 0.3 is 6.03 Å². The molecule has 4 amide bonds. The van der Waals surface area contributed by atoms with Crippen LogP contribution in [-0.2, 0) is 9.59 Å². The number of amides is 4. The largest absolute Gasteiger partial charge is 0.330 e. The second kappa shape index (κ2) is 7.63. The standard InChI is InChI=1S/C14H18N2O3.Na/c1-5-7-8-10(3)14(9-6-2)11(17)15-13(19)16(4)12(14)18;/h6,10H,2,5,9H2,1,3-4H3,(H,15,17,19);. The Morgan fingerprint density at radius 1 is 1.45 bits per heavy atom. The van der Waals surface area contributed by atoms with Crippen molar-refractivity contribution < 1.29 is 14.4 Å². The zero-order valence-electron chi connectivity index (χ0n) is 12.4. The molecule has 0 aromatic heterocycles. The van der Waals surface area contributed by atoms with Gasteiger partial charge in [-0.1, -0.05) is 18.9 Å². The summed E-state index contributed by atoms with van der Waals surface area (Å²) in [7, 11) is 1.35. The third kappa shape index (κ3) is 3.14. The van der Waals surface area contributed by atoms with Crippen LogP contribution in [0, 0.1) is 23.2 Å². The molecule has 1 N–H and O–H groups in total. The van der Waals surface area contributed by atoms with E-state index in [-0.39, 0.29) is 36.0 Å². The summed E-state index contributed by atoms with van der Waals surface area (Å²) < 4.78 is 0. The molecule has 1 aliphatic rings. The molecule has 1 rings (SSSR count). The van der Waals surface area contributed by atoms with Gasteiger partial charge in [0, 0.05) is 48.9 Å². The van der Waals surface area contributed by atoms with Crippen LogP contribution in [0.15, 0.2) is 12.7 Å². The van der Waals surface area contributed by atoms with Crippen LogP contribution in [0.1, 0.15) is 26.7 Å². The van der Waals surface area contributed by atoms with Crippen molar-refractivity contribution in [2.24, 2.45) is 11.3 Å². The van der Waals surface area contributed by atoms with Crippen molar-refractivity contribution in [3.05, 3.63) is 12.7 Å². The fourth-order valence-corrected chi connectivity index (χ4v) is 2.13. The Labute approximate surface area is 141 Å². The molecule has 5 nitrogen and oxygen atoms in total. The summed E-state index contributed by atoms with van der Waals surface area (Å²) in [6, 6.07) is -0.703. The first-order chi connectivity index (χ1) is 8.91. The molecule has 0 bridgehead atoms. The van der Waals surface area contributed by atoms with Crippen LogP contribution in [-0.4, -0.2) is 59.4 Å². The van der Waals surface area contributed by atoms with Crippen LogP contribution < -0.4 is 5.32 Å². The summed E-state index contributed by atoms with van der Waals surface area (Å²) in [5.41, 5.74) is -1.37. The maximum Gasteiger partial charge on any atom is 0.330 e. The summed E-state index contributed by atoms with van der Waals surface area (Å²) in [4.78, 5) is 37.0. The second-order valence-electron chi connectivity index (χ2n) is 4.48. The predicted octanol–water partition coefficient (Wildman–Crippen LogP) is 0.926. The Morgan fingerprint density at radius 3 is 2.55 bits per heavy atom. The minimum atomic E-state index is -1.37. The van der Waals surface area contributed by atoms with Crippen molar-refractivity contribution in [3.63, 3.8) is 0 Å². The molecule has 1 aliphatic heterocycles. The molecule has 1 fully saturated rings. The van der Waals surface area contributed by atoms with Crippen molar-refractivity contribution in [1.82, 2.24) is 10.2 Å². The Hall–Kier alpha value is -1.09. The quantitative estimate of drug-likeness (QED) is 0.363. The summed E-state index contributed by atoms with van der Waals surface area (Å²) >= 11 is 0. The number of carbonyl (C=O) groups is 3. The van der Waals surface area contributed by atoms with E-state index < -0.39 is 29.2 Å². The fraction of sp³-hybridized carbons (Fsp3) is 0.500. The Balaban J connectivity index is 0.00000361. The predicted molar refractivity (Wildman–Crippen MR) is 76.5 cm³/mol. The van der Waals surface area contributed by atoms with E-state index in [1.165, 1.54) is 13.1 Å². The molecule has 0 aliphatic carbocycles. The van der Waals surface area contributed by atoms with Crippen LogP contribution in [0.5, 0.6) is 0 Å². The number of allylic oxidation sites excluding steroid dienone is 1. The fourth-order valence-electron chi connectivity index (χ4n) is 2.13. The molecular formula is C14H18N2NaO3. The van der Waals surface area contributed by atoms with Crippen LogP contribution >= 0.6 is 0 Å². The molecule has 6 heteroatoms. The van der Waals surface area contributed by atoms with Gasteiger partial charge in [0.05, 0.1) is 0 Å². The summed E-state index contributed by atoms with van der Waals surface area (Å²) in [6.45, 7) is 7.19. The molecule has 1 heterocycles. The van der Waals surface area contributed by atoms with Crippen molar-refractivity contribution in [2.75, 3.05) is 7.05 Å². The molecule has 0 spiro atoms. The summed E-state index contributed by atoms with van der Waals surface area (Å²) in [5, 5.41) is 2.20. The number of nitrogens with one attached hydrogen (secondary N) is 1. The van der Waals surface area contributed by atoms with Gasteiger partial charge in [0.1, 0.15) is 5.41 Å². The zero-order chi connectivity index (χ0) is 14.6. The summed E-state index contributed by atoms with van der Waals surface area (Å²) in [6.07, 6.45) is 2.29. The number of barbiturate groups is 1. The average molecular weight is 285 g/mol. The first-order valence-electron chi connectivity index (χ1n) is 6.14. The number of carbonyl (C=O) groups excluding carboxylic acids is 3. The second-order valence-corrected chi connectivity index (χ2v) is 4.48. The van der Waals surface area contributed by atoms with Gasteiger partial charge in [0.2, 0.25) is 11.8 Å². The first kappa shape index (κ1) is 18.9. The van der Waals surface area contributed by atoms with Crippen molar-refractivity contribution in [1.29, 1.82) is 0 Å². The van der Waals surface area contributed by atoms with Gasteiger partial charge in [-0.15, -0.1) is 12.5 Å². The molecule has 0 saturated carbocycles. The van der Waals surface area contributed by atoms with Gasteiger partial charge in [0.25, 0.3) is 0 Å². The van der Waals surface area contributed by atoms with E-state index in [1.807, 2.05) is 6.92 Å². The zero-order valence-corrected chi connectivity index (χ0v) is 14.4. The first-order valence-corrected chi connectivity index (χ1v) is 6.14. The van der Waals surface area contributed by atoms with Gasteiger partial charge in [-0.25, -0.2) is 4.79 Å². The van der Waals surface area contributed by atoms with Crippen molar-refractivity contribution in [2.45, 2.75) is 26.7 Å². The number of urea groups is 1. The molecule has 0 aromatic carbocycles. The molecule has 2 atom stereocenters. The van der Waals surface area contributed by atoms with E-state index in [4.69, 9.17) is 0 Å². The molecular weight excluding hydrogens is 267 g/mol. The van der Waals surface area contributed by atoms with Gasteiger partial charge in [-0.05, 0) is 13.3 Å². The minimum absolute atomic E-state index is 0. The van der Waals surface area contributed by atoms with Gasteiger partial charge < -0.3 is 0 Å². The maximum absolute atomic E-state index is 12.4. The normalized spacial score (nSPS) is 23.1. The smallest absolute Gasteiger partial charge is 0.277 e. The van der Waals surface area contributed by atoms with E-state index >= 15 is 0 Å². The number of hydrogen-bond donors (Lipinski definition) is 1. The average Bonchev–Trinajstić information content (AvgIpc) is 2.38. The molecule has 1 saturated heterocycles. The van der Waals surface area contributed by atoms with Crippen LogP contribution in [0.3, 0.4) is 0 Å². The van der Waals surface area contributed by atoms with E-state index in [2.05, 4.69) is 23.7 Å².